The van der Waals surface area contributed by atoms with Gasteiger partial charge < -0.3 is 19.6 Å². The first-order chi connectivity index (χ1) is 14.5. The molecular formula is C21H18N4O4S. The van der Waals surface area contributed by atoms with Crippen LogP contribution in [0.2, 0.25) is 0 Å². The van der Waals surface area contributed by atoms with Crippen LogP contribution in [0.5, 0.6) is 0 Å². The van der Waals surface area contributed by atoms with Crippen molar-refractivity contribution in [3.8, 4) is 10.7 Å². The average Bonchev–Trinajstić information content (AvgIpc) is 3.50. The molecule has 9 heteroatoms. The van der Waals surface area contributed by atoms with Gasteiger partial charge in [-0.05, 0) is 49.4 Å². The zero-order valence-electron chi connectivity index (χ0n) is 16.3. The molecule has 0 spiro atoms. The van der Waals surface area contributed by atoms with Crippen molar-refractivity contribution in [2.45, 2.75) is 20.3 Å². The van der Waals surface area contributed by atoms with E-state index in [2.05, 4.69) is 20.8 Å². The van der Waals surface area contributed by atoms with E-state index in [9.17, 15) is 9.59 Å². The summed E-state index contributed by atoms with van der Waals surface area (Å²) in [7, 11) is 0. The van der Waals surface area contributed by atoms with Gasteiger partial charge in [0.1, 0.15) is 0 Å². The number of carbonyl (C=O) groups excluding carboxylic acids is 2. The molecule has 0 radical (unpaired) electrons. The van der Waals surface area contributed by atoms with Crippen LogP contribution in [-0.2, 0) is 6.42 Å². The number of carbonyl (C=O) groups is 2. The Morgan fingerprint density at radius 2 is 1.90 bits per heavy atom. The van der Waals surface area contributed by atoms with E-state index in [1.54, 1.807) is 36.4 Å². The van der Waals surface area contributed by atoms with Crippen molar-refractivity contribution < 1.29 is 18.5 Å². The third-order valence-corrected chi connectivity index (χ3v) is 5.35. The molecule has 1 aromatic carbocycles. The summed E-state index contributed by atoms with van der Waals surface area (Å²) in [6.07, 6.45) is 2.10. The molecule has 0 unspecified atom stereocenters. The molecule has 0 saturated carbocycles. The topological polar surface area (TPSA) is 110 Å². The Balaban J connectivity index is 1.43. The van der Waals surface area contributed by atoms with Gasteiger partial charge in [-0.15, -0.1) is 11.3 Å². The van der Waals surface area contributed by atoms with Crippen molar-refractivity contribution in [2.75, 3.05) is 10.6 Å². The van der Waals surface area contributed by atoms with E-state index in [1.807, 2.05) is 19.9 Å². The minimum absolute atomic E-state index is 0.216. The van der Waals surface area contributed by atoms with E-state index in [0.717, 1.165) is 9.75 Å². The number of anilines is 2. The van der Waals surface area contributed by atoms with E-state index in [4.69, 9.17) is 8.94 Å². The molecule has 4 rings (SSSR count). The number of amides is 2. The highest BCUT2D eigenvalue weighted by molar-refractivity contribution is 7.16. The maximum atomic E-state index is 12.6. The van der Waals surface area contributed by atoms with Crippen molar-refractivity contribution in [3.63, 3.8) is 0 Å². The highest BCUT2D eigenvalue weighted by atomic mass is 32.1. The number of nitrogens with one attached hydrogen (secondary N) is 2. The van der Waals surface area contributed by atoms with Gasteiger partial charge in [0, 0.05) is 22.5 Å². The lowest BCUT2D eigenvalue weighted by Gasteiger charge is -2.06. The molecule has 0 bridgehead atoms. The first kappa shape index (κ1) is 19.6. The summed E-state index contributed by atoms with van der Waals surface area (Å²) < 4.78 is 10.2. The molecule has 8 nitrogen and oxygen atoms in total. The Morgan fingerprint density at radius 3 is 2.57 bits per heavy atom. The van der Waals surface area contributed by atoms with Crippen molar-refractivity contribution in [2.24, 2.45) is 0 Å². The van der Waals surface area contributed by atoms with E-state index in [-0.39, 0.29) is 17.6 Å². The van der Waals surface area contributed by atoms with Crippen LogP contribution in [0.4, 0.5) is 11.4 Å². The number of nitrogens with zero attached hydrogens (tertiary/aromatic N) is 2. The van der Waals surface area contributed by atoms with E-state index >= 15 is 0 Å². The molecule has 3 heterocycles. The van der Waals surface area contributed by atoms with Crippen LogP contribution in [0.1, 0.15) is 38.6 Å². The normalized spacial score (nSPS) is 10.7. The fourth-order valence-electron chi connectivity index (χ4n) is 2.71. The Hall–Kier alpha value is -3.72. The van der Waals surface area contributed by atoms with Gasteiger partial charge in [-0.1, -0.05) is 12.1 Å². The molecule has 2 amide bonds. The van der Waals surface area contributed by atoms with E-state index < -0.39 is 0 Å². The molecule has 4 aromatic rings. The second-order valence-electron chi connectivity index (χ2n) is 6.41. The van der Waals surface area contributed by atoms with Gasteiger partial charge in [0.25, 0.3) is 11.8 Å². The molecule has 0 aliphatic heterocycles. The first-order valence-corrected chi connectivity index (χ1v) is 10.0. The molecule has 0 aliphatic carbocycles. The van der Waals surface area contributed by atoms with Crippen LogP contribution in [-0.4, -0.2) is 22.0 Å². The largest absolute Gasteiger partial charge is 0.459 e. The summed E-state index contributed by atoms with van der Waals surface area (Å²) in [5.74, 6) is 0.686. The van der Waals surface area contributed by atoms with Crippen LogP contribution in [0.3, 0.4) is 0 Å². The highest BCUT2D eigenvalue weighted by Gasteiger charge is 2.16. The number of rotatable bonds is 6. The number of hydrogen-bond donors (Lipinski definition) is 2. The van der Waals surface area contributed by atoms with Crippen molar-refractivity contribution >= 4 is 34.5 Å². The number of benzene rings is 1. The summed E-state index contributed by atoms with van der Waals surface area (Å²) >= 11 is 1.48. The predicted octanol–water partition coefficient (Wildman–Crippen LogP) is 4.77. The van der Waals surface area contributed by atoms with Gasteiger partial charge in [0.05, 0.1) is 16.8 Å². The second-order valence-corrected chi connectivity index (χ2v) is 7.67. The summed E-state index contributed by atoms with van der Waals surface area (Å²) in [5, 5.41) is 9.59. The third-order valence-electron chi connectivity index (χ3n) is 4.31. The Kier molecular flexibility index (Phi) is 5.44. The van der Waals surface area contributed by atoms with Gasteiger partial charge in [-0.25, -0.2) is 0 Å². The molecule has 152 valence electrons. The molecule has 3 aromatic heterocycles. The number of thiophene rings is 1. The van der Waals surface area contributed by atoms with Gasteiger partial charge in [-0.3, -0.25) is 9.59 Å². The Bertz CT molecular complexity index is 1180. The maximum Gasteiger partial charge on any atom is 0.291 e. The quantitative estimate of drug-likeness (QED) is 0.463. The minimum Gasteiger partial charge on any atom is -0.459 e. The van der Waals surface area contributed by atoms with Crippen molar-refractivity contribution in [1.29, 1.82) is 0 Å². The molecule has 0 fully saturated rings. The van der Waals surface area contributed by atoms with Crippen LogP contribution in [0.15, 0.2) is 57.7 Å². The Morgan fingerprint density at radius 1 is 1.10 bits per heavy atom. The van der Waals surface area contributed by atoms with Crippen LogP contribution in [0.25, 0.3) is 10.7 Å². The SMILES string of the molecule is CCc1nc(-c2cc(NC(=O)c3ccc(NC(=O)c4ccco4)cc3)c(C)s2)no1. The zero-order chi connectivity index (χ0) is 21.1. The summed E-state index contributed by atoms with van der Waals surface area (Å²) in [6.45, 7) is 3.86. The van der Waals surface area contributed by atoms with Crippen LogP contribution in [0, 0.1) is 6.92 Å². The third kappa shape index (κ3) is 4.15. The molecule has 30 heavy (non-hydrogen) atoms. The lowest BCUT2D eigenvalue weighted by molar-refractivity contribution is 0.0995. The van der Waals surface area contributed by atoms with Crippen LogP contribution >= 0.6 is 11.3 Å². The maximum absolute atomic E-state index is 12.6. The number of hydrogen-bond acceptors (Lipinski definition) is 7. The first-order valence-electron chi connectivity index (χ1n) is 9.23. The van der Waals surface area contributed by atoms with E-state index in [0.29, 0.717) is 35.1 Å². The molecule has 0 saturated heterocycles. The lowest BCUT2D eigenvalue weighted by atomic mass is 10.2. The number of furan rings is 1. The molecule has 0 atom stereocenters. The minimum atomic E-state index is -0.355. The molecule has 0 aliphatic rings. The second kappa shape index (κ2) is 8.34. The fraction of sp³-hybridized carbons (Fsp3) is 0.143. The number of aryl methyl sites for hydroxylation is 2. The molecular weight excluding hydrogens is 404 g/mol. The summed E-state index contributed by atoms with van der Waals surface area (Å²) in [5.41, 5.74) is 1.72. The van der Waals surface area contributed by atoms with Crippen molar-refractivity contribution in [1.82, 2.24) is 10.1 Å². The lowest BCUT2D eigenvalue weighted by Crippen LogP contribution is -2.13. The predicted molar refractivity (Wildman–Crippen MR) is 113 cm³/mol. The fourth-order valence-corrected chi connectivity index (χ4v) is 3.62. The van der Waals surface area contributed by atoms with E-state index in [1.165, 1.54) is 17.6 Å². The van der Waals surface area contributed by atoms with Gasteiger partial charge in [0.2, 0.25) is 11.7 Å². The van der Waals surface area contributed by atoms with Crippen molar-refractivity contribution in [3.05, 3.63) is 70.8 Å². The smallest absolute Gasteiger partial charge is 0.291 e. The standard InChI is InChI=1S/C21H18N4O4S/c1-3-18-24-19(25-29-18)17-11-15(12(2)30-17)23-20(26)13-6-8-14(9-7-13)22-21(27)16-5-4-10-28-16/h4-11H,3H2,1-2H3,(H,22,27)(H,23,26). The van der Waals surface area contributed by atoms with Gasteiger partial charge in [-0.2, -0.15) is 4.98 Å². The summed E-state index contributed by atoms with van der Waals surface area (Å²) in [6, 6.07) is 11.7. The molecule has 2 N–H and O–H groups in total. The zero-order valence-corrected chi connectivity index (χ0v) is 17.1. The average molecular weight is 422 g/mol. The summed E-state index contributed by atoms with van der Waals surface area (Å²) in [4.78, 5) is 30.7. The Labute approximate surface area is 175 Å². The van der Waals surface area contributed by atoms with Gasteiger partial charge in [0.15, 0.2) is 5.76 Å². The number of aromatic nitrogens is 2. The van der Waals surface area contributed by atoms with Crippen LogP contribution < -0.4 is 10.6 Å². The van der Waals surface area contributed by atoms with Gasteiger partial charge >= 0.3 is 0 Å². The highest BCUT2D eigenvalue weighted by Crippen LogP contribution is 2.33. The monoisotopic (exact) mass is 422 g/mol.